The molecule has 0 fully saturated rings. The lowest BCUT2D eigenvalue weighted by Gasteiger charge is -2.14. The monoisotopic (exact) mass is 539 g/mol. The highest BCUT2D eigenvalue weighted by molar-refractivity contribution is 5.79. The van der Waals surface area contributed by atoms with Gasteiger partial charge >= 0.3 is 6.09 Å². The molecule has 216 valence electrons. The van der Waals surface area contributed by atoms with E-state index in [1.165, 1.54) is 80.0 Å². The number of fused-ring (bicyclic) bond motifs is 3. The number of benzene rings is 2. The molecule has 2 aromatic rings. The van der Waals surface area contributed by atoms with E-state index >= 15 is 0 Å². The number of alkyl carbamates (subject to hydrolysis) is 1. The van der Waals surface area contributed by atoms with Gasteiger partial charge in [-0.2, -0.15) is 0 Å². The van der Waals surface area contributed by atoms with Gasteiger partial charge in [0, 0.05) is 19.1 Å². The second kappa shape index (κ2) is 19.6. The van der Waals surface area contributed by atoms with Crippen LogP contribution in [0.25, 0.3) is 11.1 Å². The van der Waals surface area contributed by atoms with Gasteiger partial charge in [-0.15, -0.1) is 0 Å². The average Bonchev–Trinajstić information content (AvgIpc) is 3.28. The fourth-order valence-corrected chi connectivity index (χ4v) is 5.11. The van der Waals surface area contributed by atoms with Gasteiger partial charge in [-0.05, 0) is 28.7 Å². The molecule has 0 atom stereocenters. The maximum atomic E-state index is 12.2. The topological polar surface area (TPSA) is 66.0 Å². The van der Waals surface area contributed by atoms with Gasteiger partial charge in [-0.3, -0.25) is 0 Å². The summed E-state index contributed by atoms with van der Waals surface area (Å²) in [6, 6.07) is 16.6. The van der Waals surface area contributed by atoms with E-state index in [4.69, 9.17) is 18.9 Å². The molecule has 1 aliphatic rings. The molecule has 0 saturated carbocycles. The summed E-state index contributed by atoms with van der Waals surface area (Å²) in [5, 5.41) is 2.76. The van der Waals surface area contributed by atoms with Crippen molar-refractivity contribution in [1.82, 2.24) is 5.32 Å². The number of hydrogen-bond donors (Lipinski definition) is 1. The van der Waals surface area contributed by atoms with Crippen molar-refractivity contribution in [3.8, 4) is 11.1 Å². The van der Waals surface area contributed by atoms with Gasteiger partial charge in [0.15, 0.2) is 0 Å². The molecule has 0 bridgehead atoms. The molecule has 39 heavy (non-hydrogen) atoms. The first-order valence-electron chi connectivity index (χ1n) is 15.1. The first kappa shape index (κ1) is 31.1. The number of amides is 1. The van der Waals surface area contributed by atoms with Gasteiger partial charge in [0.1, 0.15) is 6.61 Å². The van der Waals surface area contributed by atoms with Gasteiger partial charge < -0.3 is 24.3 Å². The molecule has 0 aliphatic heterocycles. The Bertz CT molecular complexity index is 888. The summed E-state index contributed by atoms with van der Waals surface area (Å²) in [6.07, 6.45) is 12.9. The standard InChI is InChI=1S/C33H49NO5/c1-2-3-4-5-6-7-8-9-10-15-21-36-23-25-38-26-24-37-22-20-34-33(35)39-27-32-30-18-13-11-16-28(30)29-17-12-14-19-31(29)32/h11-14,16-19,32H,2-10,15,20-27H2,1H3,(H,34,35). The summed E-state index contributed by atoms with van der Waals surface area (Å²) in [5.74, 6) is 0.0652. The summed E-state index contributed by atoms with van der Waals surface area (Å²) in [6.45, 7) is 6.44. The van der Waals surface area contributed by atoms with Crippen LogP contribution in [0.4, 0.5) is 4.79 Å². The van der Waals surface area contributed by atoms with E-state index in [-0.39, 0.29) is 5.92 Å². The van der Waals surface area contributed by atoms with Crippen molar-refractivity contribution in [2.24, 2.45) is 0 Å². The van der Waals surface area contributed by atoms with Gasteiger partial charge in [0.2, 0.25) is 0 Å². The second-order valence-electron chi connectivity index (χ2n) is 10.3. The highest BCUT2D eigenvalue weighted by Crippen LogP contribution is 2.44. The van der Waals surface area contributed by atoms with Gasteiger partial charge in [0.25, 0.3) is 0 Å². The third-order valence-electron chi connectivity index (χ3n) is 7.25. The van der Waals surface area contributed by atoms with Gasteiger partial charge in [-0.1, -0.05) is 113 Å². The Morgan fingerprint density at radius 3 is 1.72 bits per heavy atom. The largest absolute Gasteiger partial charge is 0.449 e. The van der Waals surface area contributed by atoms with Gasteiger partial charge in [0.05, 0.1) is 33.0 Å². The second-order valence-corrected chi connectivity index (χ2v) is 10.3. The predicted molar refractivity (Wildman–Crippen MR) is 157 cm³/mol. The number of ether oxygens (including phenoxy) is 4. The van der Waals surface area contributed by atoms with E-state index < -0.39 is 6.09 Å². The Hall–Kier alpha value is -2.41. The Morgan fingerprint density at radius 1 is 0.641 bits per heavy atom. The molecule has 6 heteroatoms. The van der Waals surface area contributed by atoms with Crippen LogP contribution in [0, 0.1) is 0 Å². The molecule has 6 nitrogen and oxygen atoms in total. The normalized spacial score (nSPS) is 12.3. The number of carbonyl (C=O) groups is 1. The summed E-state index contributed by atoms with van der Waals surface area (Å²) >= 11 is 0. The Morgan fingerprint density at radius 2 is 1.13 bits per heavy atom. The smallest absolute Gasteiger partial charge is 0.407 e. The number of carbonyl (C=O) groups excluding carboxylic acids is 1. The molecule has 2 aromatic carbocycles. The van der Waals surface area contributed by atoms with Crippen LogP contribution in [-0.4, -0.2) is 58.9 Å². The van der Waals surface area contributed by atoms with Crippen LogP contribution < -0.4 is 5.32 Å². The molecule has 3 rings (SSSR count). The van der Waals surface area contributed by atoms with Crippen molar-refractivity contribution in [2.75, 3.05) is 52.8 Å². The molecule has 0 aromatic heterocycles. The van der Waals surface area contributed by atoms with E-state index in [1.54, 1.807) is 0 Å². The lowest BCUT2D eigenvalue weighted by Crippen LogP contribution is -2.29. The molecule has 0 spiro atoms. The molecule has 1 aliphatic carbocycles. The lowest BCUT2D eigenvalue weighted by atomic mass is 9.98. The Kier molecular flexibility index (Phi) is 15.7. The van der Waals surface area contributed by atoms with Crippen LogP contribution in [0.3, 0.4) is 0 Å². The molecule has 1 N–H and O–H groups in total. The summed E-state index contributed by atoms with van der Waals surface area (Å²) in [7, 11) is 0. The minimum atomic E-state index is -0.420. The zero-order valence-electron chi connectivity index (χ0n) is 24.0. The first-order valence-corrected chi connectivity index (χ1v) is 15.1. The van der Waals surface area contributed by atoms with Crippen molar-refractivity contribution >= 4 is 6.09 Å². The zero-order valence-corrected chi connectivity index (χ0v) is 24.0. The third kappa shape index (κ3) is 11.7. The van der Waals surface area contributed by atoms with E-state index in [2.05, 4.69) is 36.5 Å². The number of hydrogen-bond acceptors (Lipinski definition) is 5. The van der Waals surface area contributed by atoms with Crippen LogP contribution in [0.1, 0.15) is 88.2 Å². The van der Waals surface area contributed by atoms with Crippen molar-refractivity contribution in [1.29, 1.82) is 0 Å². The number of unbranched alkanes of at least 4 members (excludes halogenated alkanes) is 9. The average molecular weight is 540 g/mol. The van der Waals surface area contributed by atoms with E-state index in [1.807, 2.05) is 24.3 Å². The SMILES string of the molecule is CCCCCCCCCCCCOCCOCCOCCNC(=O)OCC1c2ccccc2-c2ccccc21. The molecular formula is C33H49NO5. The van der Waals surface area contributed by atoms with Crippen LogP contribution in [0.15, 0.2) is 48.5 Å². The maximum Gasteiger partial charge on any atom is 0.407 e. The Balaban J connectivity index is 1.09. The fraction of sp³-hybridized carbons (Fsp3) is 0.606. The van der Waals surface area contributed by atoms with Crippen molar-refractivity contribution < 1.29 is 23.7 Å². The van der Waals surface area contributed by atoms with Crippen LogP contribution >= 0.6 is 0 Å². The van der Waals surface area contributed by atoms with Crippen LogP contribution in [0.2, 0.25) is 0 Å². The van der Waals surface area contributed by atoms with Crippen LogP contribution in [-0.2, 0) is 18.9 Å². The van der Waals surface area contributed by atoms with Crippen molar-refractivity contribution in [2.45, 2.75) is 77.0 Å². The summed E-state index contributed by atoms with van der Waals surface area (Å²) in [4.78, 5) is 12.2. The minimum Gasteiger partial charge on any atom is -0.449 e. The minimum absolute atomic E-state index is 0.0652. The summed E-state index contributed by atoms with van der Waals surface area (Å²) in [5.41, 5.74) is 4.86. The third-order valence-corrected chi connectivity index (χ3v) is 7.25. The number of nitrogens with one attached hydrogen (secondary N) is 1. The first-order chi connectivity index (χ1) is 19.3. The fourth-order valence-electron chi connectivity index (χ4n) is 5.11. The zero-order chi connectivity index (χ0) is 27.4. The van der Waals surface area contributed by atoms with Crippen molar-refractivity contribution in [3.63, 3.8) is 0 Å². The molecule has 0 saturated heterocycles. The van der Waals surface area contributed by atoms with E-state index in [9.17, 15) is 4.79 Å². The maximum absolute atomic E-state index is 12.2. The predicted octanol–water partition coefficient (Wildman–Crippen LogP) is 7.50. The number of rotatable bonds is 22. The molecule has 0 heterocycles. The van der Waals surface area contributed by atoms with E-state index in [0.29, 0.717) is 46.2 Å². The van der Waals surface area contributed by atoms with Gasteiger partial charge in [-0.25, -0.2) is 4.79 Å². The van der Waals surface area contributed by atoms with E-state index in [0.717, 1.165) is 13.0 Å². The quantitative estimate of drug-likeness (QED) is 0.157. The molecule has 1 amide bonds. The summed E-state index contributed by atoms with van der Waals surface area (Å²) < 4.78 is 22.3. The molecular weight excluding hydrogens is 490 g/mol. The highest BCUT2D eigenvalue weighted by Gasteiger charge is 2.28. The lowest BCUT2D eigenvalue weighted by molar-refractivity contribution is 0.0143. The van der Waals surface area contributed by atoms with Crippen molar-refractivity contribution in [3.05, 3.63) is 59.7 Å². The molecule has 0 radical (unpaired) electrons. The Labute approximate surface area is 235 Å². The molecule has 0 unspecified atom stereocenters. The van der Waals surface area contributed by atoms with Crippen LogP contribution in [0.5, 0.6) is 0 Å². The highest BCUT2D eigenvalue weighted by atomic mass is 16.6.